The Balaban J connectivity index is 2.19. The number of hydrogen-bond donors (Lipinski definition) is 2. The number of nitrogens with zero attached hydrogens (tertiary/aromatic N) is 2. The van der Waals surface area contributed by atoms with E-state index in [1.54, 1.807) is 13.1 Å². The molecular weight excluding hydrogens is 244 g/mol. The number of nitrogens with one attached hydrogen (secondary N) is 1. The van der Waals surface area contributed by atoms with Crippen molar-refractivity contribution in [2.24, 2.45) is 5.73 Å². The highest BCUT2D eigenvalue weighted by molar-refractivity contribution is 5.57. The SMILES string of the molecule is Cc1cnc(NC2CCCCCC2N)c([N+](=O)[O-])c1. The molecule has 0 spiro atoms. The number of nitrogens with two attached hydrogens (primary N) is 1. The van der Waals surface area contributed by atoms with Crippen molar-refractivity contribution in [3.8, 4) is 0 Å². The van der Waals surface area contributed by atoms with Crippen LogP contribution in [-0.2, 0) is 0 Å². The number of pyridine rings is 1. The van der Waals surface area contributed by atoms with Gasteiger partial charge in [-0.1, -0.05) is 19.3 Å². The molecule has 104 valence electrons. The van der Waals surface area contributed by atoms with Gasteiger partial charge < -0.3 is 11.1 Å². The number of hydrogen-bond acceptors (Lipinski definition) is 5. The summed E-state index contributed by atoms with van der Waals surface area (Å²) in [4.78, 5) is 14.8. The van der Waals surface area contributed by atoms with Gasteiger partial charge in [-0.25, -0.2) is 4.98 Å². The van der Waals surface area contributed by atoms with Crippen LogP contribution >= 0.6 is 0 Å². The molecule has 1 aromatic rings. The maximum atomic E-state index is 11.1. The van der Waals surface area contributed by atoms with Gasteiger partial charge in [0.25, 0.3) is 0 Å². The molecule has 0 bridgehead atoms. The van der Waals surface area contributed by atoms with E-state index in [0.29, 0.717) is 5.82 Å². The third-order valence-electron chi connectivity index (χ3n) is 3.59. The standard InChI is InChI=1S/C13H20N4O2/c1-9-7-12(17(18)19)13(15-8-9)16-11-6-4-2-3-5-10(11)14/h7-8,10-11H,2-6,14H2,1H3,(H,15,16). The van der Waals surface area contributed by atoms with E-state index in [-0.39, 0.29) is 17.8 Å². The third kappa shape index (κ3) is 3.41. The minimum absolute atomic E-state index is 0.0245. The predicted molar refractivity (Wildman–Crippen MR) is 74.1 cm³/mol. The van der Waals surface area contributed by atoms with Crippen LogP contribution in [0.4, 0.5) is 11.5 Å². The number of nitro groups is 1. The fourth-order valence-corrected chi connectivity index (χ4v) is 2.50. The zero-order chi connectivity index (χ0) is 13.8. The zero-order valence-corrected chi connectivity index (χ0v) is 11.1. The van der Waals surface area contributed by atoms with Gasteiger partial charge in [-0.15, -0.1) is 0 Å². The molecule has 3 N–H and O–H groups in total. The van der Waals surface area contributed by atoms with E-state index in [1.165, 1.54) is 12.5 Å². The van der Waals surface area contributed by atoms with Crippen LogP contribution in [0.25, 0.3) is 0 Å². The van der Waals surface area contributed by atoms with E-state index < -0.39 is 4.92 Å². The molecule has 19 heavy (non-hydrogen) atoms. The van der Waals surface area contributed by atoms with Gasteiger partial charge in [-0.2, -0.15) is 0 Å². The molecule has 6 nitrogen and oxygen atoms in total. The fourth-order valence-electron chi connectivity index (χ4n) is 2.50. The highest BCUT2D eigenvalue weighted by atomic mass is 16.6. The summed E-state index contributed by atoms with van der Waals surface area (Å²) in [6.45, 7) is 1.79. The Kier molecular flexibility index (Phi) is 4.31. The van der Waals surface area contributed by atoms with E-state index in [2.05, 4.69) is 10.3 Å². The van der Waals surface area contributed by atoms with E-state index in [1.807, 2.05) is 0 Å². The highest BCUT2D eigenvalue weighted by Crippen LogP contribution is 2.26. The van der Waals surface area contributed by atoms with E-state index >= 15 is 0 Å². The lowest BCUT2D eigenvalue weighted by Crippen LogP contribution is -2.39. The molecule has 0 saturated heterocycles. The van der Waals surface area contributed by atoms with Crippen LogP contribution in [0.15, 0.2) is 12.3 Å². The van der Waals surface area contributed by atoms with Gasteiger partial charge in [-0.05, 0) is 25.3 Å². The van der Waals surface area contributed by atoms with Crippen molar-refractivity contribution in [2.75, 3.05) is 5.32 Å². The summed E-state index contributed by atoms with van der Waals surface area (Å²) in [6, 6.07) is 1.64. The smallest absolute Gasteiger partial charge is 0.311 e. The van der Waals surface area contributed by atoms with Gasteiger partial charge in [0.15, 0.2) is 0 Å². The molecule has 0 aliphatic heterocycles. The summed E-state index contributed by atoms with van der Waals surface area (Å²) in [7, 11) is 0. The van der Waals surface area contributed by atoms with Crippen LogP contribution in [0.3, 0.4) is 0 Å². The summed E-state index contributed by atoms with van der Waals surface area (Å²) in [5.41, 5.74) is 6.93. The quantitative estimate of drug-likeness (QED) is 0.496. The fraction of sp³-hybridized carbons (Fsp3) is 0.615. The Morgan fingerprint density at radius 1 is 1.42 bits per heavy atom. The van der Waals surface area contributed by atoms with Gasteiger partial charge in [0, 0.05) is 24.3 Å². The van der Waals surface area contributed by atoms with E-state index in [0.717, 1.165) is 31.2 Å². The lowest BCUT2D eigenvalue weighted by molar-refractivity contribution is -0.384. The van der Waals surface area contributed by atoms with E-state index in [4.69, 9.17) is 5.73 Å². The van der Waals surface area contributed by atoms with Gasteiger partial charge in [0.05, 0.1) is 4.92 Å². The predicted octanol–water partition coefficient (Wildman–Crippen LogP) is 2.37. The highest BCUT2D eigenvalue weighted by Gasteiger charge is 2.24. The van der Waals surface area contributed by atoms with Crippen LogP contribution in [0.2, 0.25) is 0 Å². The summed E-state index contributed by atoms with van der Waals surface area (Å²) >= 11 is 0. The van der Waals surface area contributed by atoms with Crippen molar-refractivity contribution in [1.29, 1.82) is 0 Å². The van der Waals surface area contributed by atoms with Gasteiger partial charge in [-0.3, -0.25) is 10.1 Å². The molecule has 2 unspecified atom stereocenters. The molecule has 1 aliphatic rings. The molecule has 6 heteroatoms. The van der Waals surface area contributed by atoms with E-state index in [9.17, 15) is 10.1 Å². The minimum atomic E-state index is -0.398. The second kappa shape index (κ2) is 5.97. The Labute approximate surface area is 112 Å². The Bertz CT molecular complexity index is 464. The van der Waals surface area contributed by atoms with Gasteiger partial charge in [0.2, 0.25) is 5.82 Å². The monoisotopic (exact) mass is 264 g/mol. The molecular formula is C13H20N4O2. The van der Waals surface area contributed by atoms with Crippen molar-refractivity contribution >= 4 is 11.5 Å². The van der Waals surface area contributed by atoms with Crippen LogP contribution in [-0.4, -0.2) is 22.0 Å². The summed E-state index contributed by atoms with van der Waals surface area (Å²) < 4.78 is 0. The van der Waals surface area contributed by atoms with Crippen molar-refractivity contribution in [3.05, 3.63) is 27.9 Å². The second-order valence-electron chi connectivity index (χ2n) is 5.19. The summed E-state index contributed by atoms with van der Waals surface area (Å²) in [5.74, 6) is 0.331. The topological polar surface area (TPSA) is 94.1 Å². The number of anilines is 1. The molecule has 1 saturated carbocycles. The molecule has 0 radical (unpaired) electrons. The van der Waals surface area contributed by atoms with Crippen molar-refractivity contribution < 1.29 is 4.92 Å². The van der Waals surface area contributed by atoms with Crippen LogP contribution in [0, 0.1) is 17.0 Å². The second-order valence-corrected chi connectivity index (χ2v) is 5.19. The Morgan fingerprint density at radius 3 is 2.89 bits per heavy atom. The third-order valence-corrected chi connectivity index (χ3v) is 3.59. The molecule has 0 aromatic carbocycles. The largest absolute Gasteiger partial charge is 0.360 e. The van der Waals surface area contributed by atoms with Crippen LogP contribution in [0.5, 0.6) is 0 Å². The molecule has 2 atom stereocenters. The first-order valence-corrected chi connectivity index (χ1v) is 6.71. The molecule has 2 rings (SSSR count). The lowest BCUT2D eigenvalue weighted by Gasteiger charge is -2.23. The van der Waals surface area contributed by atoms with Crippen LogP contribution in [0.1, 0.15) is 37.7 Å². The molecule has 1 aliphatic carbocycles. The number of aromatic nitrogens is 1. The average Bonchev–Trinajstić information content (AvgIpc) is 2.57. The first-order valence-electron chi connectivity index (χ1n) is 6.71. The lowest BCUT2D eigenvalue weighted by atomic mass is 10.0. The Morgan fingerprint density at radius 2 is 2.16 bits per heavy atom. The zero-order valence-electron chi connectivity index (χ0n) is 11.1. The van der Waals surface area contributed by atoms with Crippen molar-refractivity contribution in [1.82, 2.24) is 4.98 Å². The summed E-state index contributed by atoms with van der Waals surface area (Å²) in [5, 5.41) is 14.2. The average molecular weight is 264 g/mol. The maximum absolute atomic E-state index is 11.1. The van der Waals surface area contributed by atoms with Gasteiger partial charge in [0.1, 0.15) is 0 Å². The van der Waals surface area contributed by atoms with Gasteiger partial charge >= 0.3 is 5.69 Å². The number of rotatable bonds is 3. The molecule has 1 aromatic heterocycles. The summed E-state index contributed by atoms with van der Waals surface area (Å²) in [6.07, 6.45) is 6.94. The first kappa shape index (κ1) is 13.7. The molecule has 1 heterocycles. The van der Waals surface area contributed by atoms with Crippen molar-refractivity contribution in [3.63, 3.8) is 0 Å². The normalized spacial score (nSPS) is 23.7. The molecule has 1 fully saturated rings. The minimum Gasteiger partial charge on any atom is -0.360 e. The van der Waals surface area contributed by atoms with Crippen molar-refractivity contribution in [2.45, 2.75) is 51.1 Å². The maximum Gasteiger partial charge on any atom is 0.311 e. The number of aryl methyl sites for hydroxylation is 1. The Hall–Kier alpha value is -1.69. The first-order chi connectivity index (χ1) is 9.08. The van der Waals surface area contributed by atoms with Crippen LogP contribution < -0.4 is 11.1 Å². The molecule has 0 amide bonds.